The number of fused-ring (bicyclic) bond motifs is 6. The minimum absolute atomic E-state index is 0.000213. The van der Waals surface area contributed by atoms with Crippen LogP contribution in [0.3, 0.4) is 0 Å². The molecule has 6 aromatic rings. The van der Waals surface area contributed by atoms with E-state index in [1.54, 1.807) is 48.5 Å². The summed E-state index contributed by atoms with van der Waals surface area (Å²) >= 11 is 0. The van der Waals surface area contributed by atoms with E-state index in [0.717, 1.165) is 23.6 Å². The Hall–Kier alpha value is -4.50. The predicted octanol–water partition coefficient (Wildman–Crippen LogP) is 7.55. The number of nitrogens with zero attached hydrogens (tertiary/aromatic N) is 1. The highest BCUT2D eigenvalue weighted by atomic mass is 32.2. The second-order valence-corrected chi connectivity index (χ2v) is 12.4. The summed E-state index contributed by atoms with van der Waals surface area (Å²) in [6, 6.07) is 22.3. The fraction of sp³-hybridized carbons (Fsp3) is 0.0714. The summed E-state index contributed by atoms with van der Waals surface area (Å²) in [6.07, 6.45) is 0. The van der Waals surface area contributed by atoms with Gasteiger partial charge in [-0.15, -0.1) is 0 Å². The molecule has 0 saturated heterocycles. The van der Waals surface area contributed by atoms with Gasteiger partial charge in [0.15, 0.2) is 5.75 Å². The van der Waals surface area contributed by atoms with E-state index in [1.165, 1.54) is 28.8 Å². The minimum Gasteiger partial charge on any atom is -0.376 e. The Morgan fingerprint density at radius 1 is 0.558 bits per heavy atom. The molecular formula is C28H15F6NO6S2. The highest BCUT2D eigenvalue weighted by molar-refractivity contribution is 7.88. The van der Waals surface area contributed by atoms with Crippen LogP contribution in [0.2, 0.25) is 0 Å². The van der Waals surface area contributed by atoms with E-state index in [0.29, 0.717) is 21.8 Å². The SMILES string of the molecule is O=S(=O)(Oc1ccc2c3c4ccccc4c(OS(=O)(=O)C(F)(F)F)cc3n(-c3cccc4ccccc34)c2c1)C(F)(F)F. The molecule has 0 atom stereocenters. The lowest BCUT2D eigenvalue weighted by Crippen LogP contribution is -2.28. The highest BCUT2D eigenvalue weighted by Crippen LogP contribution is 2.44. The molecule has 0 aliphatic rings. The third-order valence-corrected chi connectivity index (χ3v) is 8.63. The van der Waals surface area contributed by atoms with E-state index in [-0.39, 0.29) is 21.8 Å². The molecular weight excluding hydrogens is 624 g/mol. The number of benzene rings is 5. The molecule has 0 aliphatic carbocycles. The zero-order valence-corrected chi connectivity index (χ0v) is 22.8. The van der Waals surface area contributed by atoms with Crippen LogP contribution < -0.4 is 8.37 Å². The van der Waals surface area contributed by atoms with Crippen LogP contribution in [-0.2, 0) is 20.2 Å². The number of hydrogen-bond acceptors (Lipinski definition) is 6. The third-order valence-electron chi connectivity index (χ3n) is 6.69. The molecule has 0 amide bonds. The molecule has 0 aliphatic heterocycles. The Bertz CT molecular complexity index is 2310. The van der Waals surface area contributed by atoms with Gasteiger partial charge in [0.05, 0.1) is 16.7 Å². The van der Waals surface area contributed by atoms with Crippen molar-refractivity contribution in [1.82, 2.24) is 4.57 Å². The molecule has 5 aromatic carbocycles. The van der Waals surface area contributed by atoms with Crippen LogP contribution in [0.25, 0.3) is 49.0 Å². The Balaban J connectivity index is 1.76. The normalized spacial score (nSPS) is 13.3. The summed E-state index contributed by atoms with van der Waals surface area (Å²) in [5.74, 6) is -1.34. The Morgan fingerprint density at radius 2 is 1.14 bits per heavy atom. The minimum atomic E-state index is -6.10. The summed E-state index contributed by atoms with van der Waals surface area (Å²) in [4.78, 5) is 0. The van der Waals surface area contributed by atoms with Crippen LogP contribution in [0.5, 0.6) is 11.5 Å². The lowest BCUT2D eigenvalue weighted by Gasteiger charge is -2.15. The van der Waals surface area contributed by atoms with Crippen molar-refractivity contribution in [3.63, 3.8) is 0 Å². The van der Waals surface area contributed by atoms with E-state index >= 15 is 0 Å². The lowest BCUT2D eigenvalue weighted by molar-refractivity contribution is -0.0504. The number of hydrogen-bond donors (Lipinski definition) is 0. The standard InChI is InChI=1S/C28H15F6NO6S2/c29-27(30,31)42(36,37)40-17-12-13-21-23(14-17)35(22-11-5-7-16-6-1-2-8-18(16)22)24-15-25(41-43(38,39)28(32,33)34)19-9-3-4-10-20(19)26(21)24/h1-15H. The number of rotatable bonds is 5. The molecule has 0 radical (unpaired) electrons. The Morgan fingerprint density at radius 3 is 1.81 bits per heavy atom. The molecule has 43 heavy (non-hydrogen) atoms. The summed E-state index contributed by atoms with van der Waals surface area (Å²) in [6.45, 7) is 0. The first kappa shape index (κ1) is 28.6. The van der Waals surface area contributed by atoms with Crippen molar-refractivity contribution in [3.8, 4) is 17.2 Å². The second kappa shape index (κ2) is 9.50. The fourth-order valence-corrected chi connectivity index (χ4v) is 5.87. The molecule has 0 saturated carbocycles. The largest absolute Gasteiger partial charge is 0.534 e. The van der Waals surface area contributed by atoms with Crippen molar-refractivity contribution < 1.29 is 51.5 Å². The van der Waals surface area contributed by atoms with E-state index < -0.39 is 42.8 Å². The number of aromatic nitrogens is 1. The van der Waals surface area contributed by atoms with Crippen molar-refractivity contribution in [2.75, 3.05) is 0 Å². The quantitative estimate of drug-likeness (QED) is 0.110. The van der Waals surface area contributed by atoms with Gasteiger partial charge in [-0.1, -0.05) is 60.7 Å². The Kier molecular flexibility index (Phi) is 6.32. The van der Waals surface area contributed by atoms with Crippen LogP contribution in [0.15, 0.2) is 91.0 Å². The molecule has 0 N–H and O–H groups in total. The van der Waals surface area contributed by atoms with Gasteiger partial charge in [-0.3, -0.25) is 0 Å². The molecule has 6 rings (SSSR count). The fourth-order valence-electron chi connectivity index (χ4n) is 4.95. The smallest absolute Gasteiger partial charge is 0.376 e. The van der Waals surface area contributed by atoms with Gasteiger partial charge in [0.2, 0.25) is 0 Å². The average molecular weight is 640 g/mol. The van der Waals surface area contributed by atoms with E-state index in [2.05, 4.69) is 8.37 Å². The molecule has 0 bridgehead atoms. The zero-order valence-electron chi connectivity index (χ0n) is 21.1. The van der Waals surface area contributed by atoms with Crippen molar-refractivity contribution in [3.05, 3.63) is 91.0 Å². The average Bonchev–Trinajstić information content (AvgIpc) is 3.24. The van der Waals surface area contributed by atoms with Crippen molar-refractivity contribution >= 4 is 63.6 Å². The molecule has 0 spiro atoms. The first-order chi connectivity index (χ1) is 20.1. The summed E-state index contributed by atoms with van der Waals surface area (Å²) in [5, 5.41) is 2.31. The summed E-state index contributed by atoms with van der Waals surface area (Å²) in [5.41, 5.74) is -10.8. The number of alkyl halides is 6. The second-order valence-electron chi connectivity index (χ2n) is 9.29. The van der Waals surface area contributed by atoms with Gasteiger partial charge in [0.25, 0.3) is 0 Å². The summed E-state index contributed by atoms with van der Waals surface area (Å²) < 4.78 is 137. The van der Waals surface area contributed by atoms with E-state index in [1.807, 2.05) is 0 Å². The maximum Gasteiger partial charge on any atom is 0.534 e. The van der Waals surface area contributed by atoms with E-state index in [4.69, 9.17) is 0 Å². The predicted molar refractivity (Wildman–Crippen MR) is 147 cm³/mol. The number of halogens is 6. The molecule has 1 heterocycles. The lowest BCUT2D eigenvalue weighted by atomic mass is 10.0. The van der Waals surface area contributed by atoms with Crippen molar-refractivity contribution in [2.24, 2.45) is 0 Å². The summed E-state index contributed by atoms with van der Waals surface area (Å²) in [7, 11) is -12.1. The first-order valence-electron chi connectivity index (χ1n) is 12.1. The molecule has 15 heteroatoms. The maximum absolute atomic E-state index is 13.3. The molecule has 0 unspecified atom stereocenters. The zero-order chi connectivity index (χ0) is 30.9. The van der Waals surface area contributed by atoms with Crippen LogP contribution in [0.1, 0.15) is 0 Å². The van der Waals surface area contributed by atoms with Gasteiger partial charge in [-0.05, 0) is 29.0 Å². The molecule has 222 valence electrons. The highest BCUT2D eigenvalue weighted by Gasteiger charge is 2.49. The van der Waals surface area contributed by atoms with Crippen molar-refractivity contribution in [1.29, 1.82) is 0 Å². The monoisotopic (exact) mass is 639 g/mol. The topological polar surface area (TPSA) is 91.7 Å². The van der Waals surface area contributed by atoms with Crippen LogP contribution >= 0.6 is 0 Å². The van der Waals surface area contributed by atoms with Gasteiger partial charge in [-0.25, -0.2) is 0 Å². The van der Waals surface area contributed by atoms with Gasteiger partial charge in [0, 0.05) is 33.7 Å². The van der Waals surface area contributed by atoms with E-state index in [9.17, 15) is 43.2 Å². The van der Waals surface area contributed by atoms with Crippen LogP contribution in [0, 0.1) is 0 Å². The molecule has 0 fully saturated rings. The van der Waals surface area contributed by atoms with Crippen molar-refractivity contribution in [2.45, 2.75) is 11.0 Å². The van der Waals surface area contributed by atoms with Gasteiger partial charge in [-0.2, -0.15) is 43.2 Å². The van der Waals surface area contributed by atoms with Crippen LogP contribution in [0.4, 0.5) is 26.3 Å². The molecule has 7 nitrogen and oxygen atoms in total. The van der Waals surface area contributed by atoms with Crippen LogP contribution in [-0.4, -0.2) is 32.4 Å². The first-order valence-corrected chi connectivity index (χ1v) is 14.9. The van der Waals surface area contributed by atoms with Gasteiger partial charge >= 0.3 is 31.3 Å². The maximum atomic E-state index is 13.3. The van der Waals surface area contributed by atoms with Gasteiger partial charge < -0.3 is 12.9 Å². The molecule has 1 aromatic heterocycles. The third kappa shape index (κ3) is 4.68. The Labute approximate surface area is 238 Å². The van der Waals surface area contributed by atoms with Gasteiger partial charge in [0.1, 0.15) is 5.75 Å².